The van der Waals surface area contributed by atoms with Gasteiger partial charge >= 0.3 is 5.95 Å². The molecule has 3 N–H and O–H groups in total. The van der Waals surface area contributed by atoms with E-state index < -0.39 is 0 Å². The maximum atomic E-state index is 13.3. The van der Waals surface area contributed by atoms with Crippen molar-refractivity contribution in [2.45, 2.75) is 78.9 Å². The molecule has 9 nitrogen and oxygen atoms in total. The highest BCUT2D eigenvalue weighted by Gasteiger charge is 2.25. The Hall–Kier alpha value is -3.20. The molecule has 0 aliphatic heterocycles. The Labute approximate surface area is 206 Å². The van der Waals surface area contributed by atoms with Crippen molar-refractivity contribution in [2.75, 3.05) is 18.9 Å². The van der Waals surface area contributed by atoms with Gasteiger partial charge in [-0.25, -0.2) is 0 Å². The van der Waals surface area contributed by atoms with Crippen LogP contribution in [0.3, 0.4) is 0 Å². The second-order valence-electron chi connectivity index (χ2n) is 9.66. The van der Waals surface area contributed by atoms with Crippen molar-refractivity contribution in [3.8, 4) is 11.6 Å². The van der Waals surface area contributed by atoms with Gasteiger partial charge in [0.05, 0.1) is 6.61 Å². The van der Waals surface area contributed by atoms with Crippen molar-refractivity contribution in [3.63, 3.8) is 0 Å². The van der Waals surface area contributed by atoms with Gasteiger partial charge in [0.2, 0.25) is 5.88 Å². The van der Waals surface area contributed by atoms with Crippen LogP contribution in [0.15, 0.2) is 24.3 Å². The SMILES string of the molecule is CCc1cc(OC(CC)CC)nn2c(N)[n+](CC(=O)c3cc(OCCO)cc(C(C)(C)C)c3)nc12. The van der Waals surface area contributed by atoms with Crippen LogP contribution in [0.1, 0.15) is 75.9 Å². The van der Waals surface area contributed by atoms with Gasteiger partial charge in [-0.15, -0.1) is 4.68 Å². The molecule has 35 heavy (non-hydrogen) atoms. The van der Waals surface area contributed by atoms with Gasteiger partial charge in [-0.1, -0.05) is 56.3 Å². The van der Waals surface area contributed by atoms with Crippen LogP contribution < -0.4 is 19.9 Å². The number of aliphatic hydroxyl groups excluding tert-OH is 1. The fourth-order valence-corrected chi connectivity index (χ4v) is 3.79. The molecule has 0 fully saturated rings. The Morgan fingerprint density at radius 1 is 1.17 bits per heavy atom. The van der Waals surface area contributed by atoms with Gasteiger partial charge in [-0.05, 0) is 48.4 Å². The van der Waals surface area contributed by atoms with Crippen molar-refractivity contribution in [3.05, 3.63) is 41.0 Å². The van der Waals surface area contributed by atoms with Crippen LogP contribution in [-0.2, 0) is 18.4 Å². The lowest BCUT2D eigenvalue weighted by atomic mass is 9.85. The number of nitrogens with two attached hydrogens (primary N) is 1. The number of benzene rings is 1. The summed E-state index contributed by atoms with van der Waals surface area (Å²) in [5.41, 5.74) is 9.20. The van der Waals surface area contributed by atoms with Gasteiger partial charge in [0.1, 0.15) is 18.5 Å². The normalized spacial score (nSPS) is 11.9. The third-order valence-corrected chi connectivity index (χ3v) is 6.01. The molecule has 2 heterocycles. The topological polar surface area (TPSA) is 116 Å². The highest BCUT2D eigenvalue weighted by atomic mass is 16.5. The molecule has 0 bridgehead atoms. The number of fused-ring (bicyclic) bond motifs is 1. The van der Waals surface area contributed by atoms with E-state index in [1.54, 1.807) is 10.6 Å². The van der Waals surface area contributed by atoms with Gasteiger partial charge in [-0.3, -0.25) is 10.5 Å². The minimum Gasteiger partial charge on any atom is -0.491 e. The molecule has 0 radical (unpaired) electrons. The minimum atomic E-state index is -0.186. The van der Waals surface area contributed by atoms with E-state index >= 15 is 0 Å². The fourth-order valence-electron chi connectivity index (χ4n) is 3.79. The summed E-state index contributed by atoms with van der Waals surface area (Å²) >= 11 is 0. The van der Waals surface area contributed by atoms with E-state index in [4.69, 9.17) is 20.3 Å². The van der Waals surface area contributed by atoms with Crippen molar-refractivity contribution < 1.29 is 24.1 Å². The Bertz CT molecular complexity index is 1180. The van der Waals surface area contributed by atoms with Crippen LogP contribution in [0, 0.1) is 0 Å². The lowest BCUT2D eigenvalue weighted by Crippen LogP contribution is -2.42. The van der Waals surface area contributed by atoms with Gasteiger partial charge in [0.15, 0.2) is 12.3 Å². The first kappa shape index (κ1) is 26.4. The van der Waals surface area contributed by atoms with Crippen molar-refractivity contribution in [1.29, 1.82) is 0 Å². The predicted molar refractivity (Wildman–Crippen MR) is 134 cm³/mol. The second-order valence-corrected chi connectivity index (χ2v) is 9.66. The molecule has 0 spiro atoms. The standard InChI is InChI=1S/C26H37N5O4/c1-7-17-14-23(35-20(8-2)9-3)28-31-24(17)29-30(25(31)27)16-22(33)18-12-19(26(4,5)6)15-21(13-18)34-11-10-32/h12-15,20,27,32H,7-11,16H2,1-6H3/p+1. The Balaban J connectivity index is 1.97. The smallest absolute Gasteiger partial charge is 0.401 e. The Morgan fingerprint density at radius 2 is 1.89 bits per heavy atom. The molecule has 0 aliphatic carbocycles. The zero-order valence-electron chi connectivity index (χ0n) is 21.7. The number of aryl methyl sites for hydroxylation is 1. The van der Waals surface area contributed by atoms with E-state index in [9.17, 15) is 4.79 Å². The number of aliphatic hydroxyl groups is 1. The predicted octanol–water partition coefficient (Wildman–Crippen LogP) is 3.28. The summed E-state index contributed by atoms with van der Waals surface area (Å²) in [6.45, 7) is 12.4. The number of rotatable bonds is 11. The van der Waals surface area contributed by atoms with E-state index in [2.05, 4.69) is 44.8 Å². The van der Waals surface area contributed by atoms with E-state index in [1.807, 2.05) is 25.1 Å². The highest BCUT2D eigenvalue weighted by Crippen LogP contribution is 2.28. The first-order chi connectivity index (χ1) is 16.6. The zero-order valence-corrected chi connectivity index (χ0v) is 21.7. The summed E-state index contributed by atoms with van der Waals surface area (Å²) in [6, 6.07) is 7.36. The number of ketones is 1. The summed E-state index contributed by atoms with van der Waals surface area (Å²) in [5, 5.41) is 18.3. The molecule has 0 amide bonds. The molecule has 2 aromatic heterocycles. The second kappa shape index (κ2) is 11.0. The summed E-state index contributed by atoms with van der Waals surface area (Å²) in [4.78, 5) is 13.3. The average Bonchev–Trinajstić information content (AvgIpc) is 3.14. The van der Waals surface area contributed by atoms with Gasteiger partial charge in [-0.2, -0.15) is 0 Å². The Kier molecular flexibility index (Phi) is 8.32. The minimum absolute atomic E-state index is 0.0475. The number of nitrogens with zero attached hydrogens (tertiary/aromatic N) is 4. The number of nitrogen functional groups attached to an aromatic ring is 1. The lowest BCUT2D eigenvalue weighted by molar-refractivity contribution is -0.723. The van der Waals surface area contributed by atoms with Crippen LogP contribution in [0.4, 0.5) is 5.95 Å². The summed E-state index contributed by atoms with van der Waals surface area (Å²) < 4.78 is 14.7. The molecule has 3 aromatic rings. The largest absolute Gasteiger partial charge is 0.491 e. The fraction of sp³-hybridized carbons (Fsp3) is 0.538. The maximum absolute atomic E-state index is 13.3. The van der Waals surface area contributed by atoms with E-state index in [0.29, 0.717) is 22.8 Å². The summed E-state index contributed by atoms with van der Waals surface area (Å²) in [6.07, 6.45) is 2.54. The third-order valence-electron chi connectivity index (χ3n) is 6.01. The molecule has 1 aromatic carbocycles. The zero-order chi connectivity index (χ0) is 25.8. The van der Waals surface area contributed by atoms with Crippen LogP contribution >= 0.6 is 0 Å². The van der Waals surface area contributed by atoms with E-state index in [-0.39, 0.29) is 43.0 Å². The van der Waals surface area contributed by atoms with Crippen LogP contribution in [0.5, 0.6) is 11.6 Å². The number of hydrogen-bond acceptors (Lipinski definition) is 7. The maximum Gasteiger partial charge on any atom is 0.401 e. The number of ether oxygens (including phenoxy) is 2. The quantitative estimate of drug-likeness (QED) is 0.317. The molecule has 0 saturated heterocycles. The molecule has 0 atom stereocenters. The number of carbonyl (C=O) groups excluding carboxylic acids is 1. The summed E-state index contributed by atoms with van der Waals surface area (Å²) in [7, 11) is 0. The molecule has 0 aliphatic rings. The third kappa shape index (κ3) is 6.08. The molecule has 0 saturated carbocycles. The molecular weight excluding hydrogens is 446 g/mol. The highest BCUT2D eigenvalue weighted by molar-refractivity contribution is 5.95. The number of hydrogen-bond donors (Lipinski definition) is 2. The van der Waals surface area contributed by atoms with Crippen molar-refractivity contribution in [2.24, 2.45) is 0 Å². The number of Topliss-reactive ketones (excluding diaryl/α,β-unsaturated/α-hetero) is 1. The average molecular weight is 485 g/mol. The number of aromatic nitrogens is 4. The molecule has 9 heteroatoms. The molecule has 3 rings (SSSR count). The number of anilines is 1. The molecular formula is C26H38N5O4+. The molecule has 190 valence electrons. The first-order valence-corrected chi connectivity index (χ1v) is 12.3. The van der Waals surface area contributed by atoms with Crippen molar-refractivity contribution in [1.82, 2.24) is 14.7 Å². The van der Waals surface area contributed by atoms with Crippen molar-refractivity contribution >= 4 is 17.4 Å². The molecule has 0 unspecified atom stereocenters. The monoisotopic (exact) mass is 484 g/mol. The van der Waals surface area contributed by atoms with Crippen LogP contribution in [0.2, 0.25) is 0 Å². The summed E-state index contributed by atoms with van der Waals surface area (Å²) in [5.74, 6) is 1.13. The Morgan fingerprint density at radius 3 is 2.49 bits per heavy atom. The van der Waals surface area contributed by atoms with Gasteiger partial charge in [0.25, 0.3) is 5.65 Å². The van der Waals surface area contributed by atoms with E-state index in [1.165, 1.54) is 4.68 Å². The van der Waals surface area contributed by atoms with Gasteiger partial charge < -0.3 is 14.6 Å². The lowest BCUT2D eigenvalue weighted by Gasteiger charge is -2.21. The van der Waals surface area contributed by atoms with E-state index in [0.717, 1.165) is 30.4 Å². The van der Waals surface area contributed by atoms with Gasteiger partial charge in [0, 0.05) is 17.2 Å². The number of carbonyl (C=O) groups is 1. The van der Waals surface area contributed by atoms with Crippen LogP contribution in [-0.4, -0.2) is 44.9 Å². The first-order valence-electron chi connectivity index (χ1n) is 12.3. The van der Waals surface area contributed by atoms with Crippen LogP contribution in [0.25, 0.3) is 5.65 Å².